The average Bonchev–Trinajstić information content (AvgIpc) is 2.55. The molecule has 2 fully saturated rings. The smallest absolute Gasteiger partial charge is 0.191 e. The maximum absolute atomic E-state index is 5.92. The highest BCUT2D eigenvalue weighted by atomic mass is 16.5. The van der Waals surface area contributed by atoms with E-state index in [0.717, 1.165) is 31.3 Å². The maximum atomic E-state index is 5.92. The zero-order chi connectivity index (χ0) is 17.0. The predicted molar refractivity (Wildman–Crippen MR) is 96.4 cm³/mol. The van der Waals surface area contributed by atoms with Gasteiger partial charge < -0.3 is 20.1 Å². The number of benzene rings is 1. The Morgan fingerprint density at radius 1 is 1.29 bits per heavy atom. The zero-order valence-corrected chi connectivity index (χ0v) is 15.0. The fraction of sp³-hybridized carbons (Fsp3) is 0.632. The summed E-state index contributed by atoms with van der Waals surface area (Å²) in [6.45, 7) is 3.64. The lowest BCUT2D eigenvalue weighted by Gasteiger charge is -2.61. The normalized spacial score (nSPS) is 24.9. The van der Waals surface area contributed by atoms with Gasteiger partial charge in [-0.15, -0.1) is 0 Å². The third kappa shape index (κ3) is 3.22. The van der Waals surface area contributed by atoms with Gasteiger partial charge in [0.2, 0.25) is 0 Å². The molecule has 0 saturated heterocycles. The maximum Gasteiger partial charge on any atom is 0.191 e. The van der Waals surface area contributed by atoms with E-state index in [-0.39, 0.29) is 0 Å². The van der Waals surface area contributed by atoms with Gasteiger partial charge in [0.1, 0.15) is 5.75 Å². The minimum absolute atomic E-state index is 0.341. The summed E-state index contributed by atoms with van der Waals surface area (Å²) in [6, 6.07) is 8.58. The third-order valence-electron chi connectivity index (χ3n) is 5.59. The summed E-state index contributed by atoms with van der Waals surface area (Å²) in [5, 5.41) is 7.02. The topological polar surface area (TPSA) is 54.9 Å². The van der Waals surface area contributed by atoms with Gasteiger partial charge in [-0.3, -0.25) is 4.99 Å². The molecule has 5 nitrogen and oxygen atoms in total. The molecule has 0 heterocycles. The fourth-order valence-corrected chi connectivity index (χ4v) is 3.93. The van der Waals surface area contributed by atoms with Crippen molar-refractivity contribution in [3.8, 4) is 5.75 Å². The van der Waals surface area contributed by atoms with Crippen LogP contribution in [0.5, 0.6) is 5.75 Å². The summed E-state index contributed by atoms with van der Waals surface area (Å²) in [6.07, 6.45) is 5.36. The SMILES string of the molecule is CCOC1CC(NC(=NC)NCc2ccc(OC)cc2)C12CCC2. The van der Waals surface area contributed by atoms with Crippen molar-refractivity contribution in [1.29, 1.82) is 0 Å². The lowest BCUT2D eigenvalue weighted by Crippen LogP contribution is -2.68. The first kappa shape index (κ1) is 17.1. The van der Waals surface area contributed by atoms with Crippen LogP contribution in [0.15, 0.2) is 29.3 Å². The van der Waals surface area contributed by atoms with Gasteiger partial charge in [0.15, 0.2) is 5.96 Å². The summed E-state index contributed by atoms with van der Waals surface area (Å²) in [5.74, 6) is 1.75. The fourth-order valence-electron chi connectivity index (χ4n) is 3.93. The Kier molecular flexibility index (Phi) is 5.29. The van der Waals surface area contributed by atoms with Crippen LogP contribution in [0.4, 0.5) is 0 Å². The number of aliphatic imine (C=N–C) groups is 1. The van der Waals surface area contributed by atoms with Gasteiger partial charge in [0, 0.05) is 31.7 Å². The van der Waals surface area contributed by atoms with Crippen molar-refractivity contribution >= 4 is 5.96 Å². The molecular weight excluding hydrogens is 302 g/mol. The van der Waals surface area contributed by atoms with E-state index in [1.807, 2.05) is 19.2 Å². The standard InChI is InChI=1S/C19H29N3O2/c1-4-24-17-12-16(19(17)10-5-11-19)22-18(20-2)21-13-14-6-8-15(23-3)9-7-14/h6-9,16-17H,4-5,10-13H2,1-3H3,(H2,20,21,22). The highest BCUT2D eigenvalue weighted by molar-refractivity contribution is 5.80. The molecule has 0 radical (unpaired) electrons. The van der Waals surface area contributed by atoms with Crippen LogP contribution in [0.3, 0.4) is 0 Å². The molecule has 0 aliphatic heterocycles. The first-order valence-electron chi connectivity index (χ1n) is 8.93. The Morgan fingerprint density at radius 3 is 2.58 bits per heavy atom. The van der Waals surface area contributed by atoms with Crippen molar-refractivity contribution in [2.45, 2.75) is 51.3 Å². The van der Waals surface area contributed by atoms with Gasteiger partial charge in [-0.1, -0.05) is 18.6 Å². The molecule has 2 aliphatic carbocycles. The van der Waals surface area contributed by atoms with E-state index < -0.39 is 0 Å². The third-order valence-corrected chi connectivity index (χ3v) is 5.59. The van der Waals surface area contributed by atoms with Crippen molar-refractivity contribution in [1.82, 2.24) is 10.6 Å². The molecule has 0 amide bonds. The second-order valence-electron chi connectivity index (χ2n) is 6.74. The molecule has 1 aromatic rings. The van der Waals surface area contributed by atoms with Gasteiger partial charge in [0.25, 0.3) is 0 Å². The molecule has 2 atom stereocenters. The number of ether oxygens (including phenoxy) is 2. The first-order chi connectivity index (χ1) is 11.7. The van der Waals surface area contributed by atoms with Gasteiger partial charge >= 0.3 is 0 Å². The highest BCUT2D eigenvalue weighted by Gasteiger charge is 2.59. The monoisotopic (exact) mass is 331 g/mol. The van der Waals surface area contributed by atoms with Crippen LogP contribution in [-0.2, 0) is 11.3 Å². The molecule has 2 aliphatic rings. The van der Waals surface area contributed by atoms with Gasteiger partial charge in [-0.25, -0.2) is 0 Å². The largest absolute Gasteiger partial charge is 0.497 e. The van der Waals surface area contributed by atoms with E-state index in [4.69, 9.17) is 9.47 Å². The second-order valence-corrected chi connectivity index (χ2v) is 6.74. The number of hydrogen-bond donors (Lipinski definition) is 2. The average molecular weight is 331 g/mol. The number of nitrogens with zero attached hydrogens (tertiary/aromatic N) is 1. The van der Waals surface area contributed by atoms with Crippen molar-refractivity contribution in [3.63, 3.8) is 0 Å². The molecule has 5 heteroatoms. The van der Waals surface area contributed by atoms with Crippen LogP contribution in [-0.4, -0.2) is 38.9 Å². The molecule has 24 heavy (non-hydrogen) atoms. The van der Waals surface area contributed by atoms with Crippen molar-refractivity contribution in [2.75, 3.05) is 20.8 Å². The number of methoxy groups -OCH3 is 1. The number of rotatable bonds is 6. The van der Waals surface area contributed by atoms with E-state index in [1.54, 1.807) is 7.11 Å². The Balaban J connectivity index is 1.52. The molecular formula is C19H29N3O2. The Bertz CT molecular complexity index is 566. The summed E-state index contributed by atoms with van der Waals surface area (Å²) in [4.78, 5) is 4.38. The molecule has 3 rings (SSSR count). The Labute approximate surface area is 144 Å². The minimum atomic E-state index is 0.341. The molecule has 0 bridgehead atoms. The highest BCUT2D eigenvalue weighted by Crippen LogP contribution is 2.57. The van der Waals surface area contributed by atoms with Crippen LogP contribution >= 0.6 is 0 Å². The van der Waals surface area contributed by atoms with E-state index >= 15 is 0 Å². The molecule has 2 N–H and O–H groups in total. The molecule has 1 spiro atoms. The molecule has 0 aromatic heterocycles. The van der Waals surface area contributed by atoms with Crippen molar-refractivity contribution < 1.29 is 9.47 Å². The number of hydrogen-bond acceptors (Lipinski definition) is 3. The Morgan fingerprint density at radius 2 is 2.04 bits per heavy atom. The number of nitrogens with one attached hydrogen (secondary N) is 2. The molecule has 132 valence electrons. The first-order valence-corrected chi connectivity index (χ1v) is 8.93. The molecule has 2 unspecified atom stereocenters. The molecule has 1 aromatic carbocycles. The van der Waals surface area contributed by atoms with E-state index in [9.17, 15) is 0 Å². The van der Waals surface area contributed by atoms with Gasteiger partial charge in [-0.2, -0.15) is 0 Å². The van der Waals surface area contributed by atoms with Crippen LogP contribution in [0.2, 0.25) is 0 Å². The quantitative estimate of drug-likeness (QED) is 0.622. The van der Waals surface area contributed by atoms with E-state index in [1.165, 1.54) is 24.8 Å². The summed E-state index contributed by atoms with van der Waals surface area (Å²) in [5.41, 5.74) is 1.55. The zero-order valence-electron chi connectivity index (χ0n) is 15.0. The summed E-state index contributed by atoms with van der Waals surface area (Å²) < 4.78 is 11.1. The van der Waals surface area contributed by atoms with E-state index in [0.29, 0.717) is 17.6 Å². The predicted octanol–water partition coefficient (Wildman–Crippen LogP) is 2.71. The lowest BCUT2D eigenvalue weighted by atomic mass is 9.51. The summed E-state index contributed by atoms with van der Waals surface area (Å²) in [7, 11) is 3.51. The number of guanidine groups is 1. The lowest BCUT2D eigenvalue weighted by molar-refractivity contribution is -0.168. The molecule has 2 saturated carbocycles. The van der Waals surface area contributed by atoms with E-state index in [2.05, 4.69) is 34.7 Å². The van der Waals surface area contributed by atoms with Crippen molar-refractivity contribution in [3.05, 3.63) is 29.8 Å². The minimum Gasteiger partial charge on any atom is -0.497 e. The van der Waals surface area contributed by atoms with Crippen LogP contribution in [0.25, 0.3) is 0 Å². The van der Waals surface area contributed by atoms with Crippen LogP contribution in [0, 0.1) is 5.41 Å². The Hall–Kier alpha value is -1.75. The van der Waals surface area contributed by atoms with Crippen molar-refractivity contribution in [2.24, 2.45) is 10.4 Å². The van der Waals surface area contributed by atoms with Crippen LogP contribution < -0.4 is 15.4 Å². The van der Waals surface area contributed by atoms with Gasteiger partial charge in [-0.05, 0) is 43.9 Å². The summed E-state index contributed by atoms with van der Waals surface area (Å²) >= 11 is 0. The van der Waals surface area contributed by atoms with Gasteiger partial charge in [0.05, 0.1) is 13.2 Å². The van der Waals surface area contributed by atoms with Crippen LogP contribution in [0.1, 0.15) is 38.2 Å². The second kappa shape index (κ2) is 7.43.